The Kier molecular flexibility index (Phi) is 4.44. The maximum absolute atomic E-state index is 12.3. The number of methoxy groups -OCH3 is 1. The molecular formula is C14H19NO5. The summed E-state index contributed by atoms with van der Waals surface area (Å²) in [6.07, 6.45) is 0.603. The number of rotatable bonds is 4. The summed E-state index contributed by atoms with van der Waals surface area (Å²) < 4.78 is 10.3. The van der Waals surface area contributed by atoms with Gasteiger partial charge in [0.05, 0.1) is 5.92 Å². The van der Waals surface area contributed by atoms with Gasteiger partial charge in [-0.15, -0.1) is 0 Å². The predicted molar refractivity (Wildman–Crippen MR) is 70.2 cm³/mol. The maximum Gasteiger partial charge on any atom is 0.308 e. The normalized spacial score (nSPS) is 22.8. The number of furan rings is 1. The van der Waals surface area contributed by atoms with Crippen molar-refractivity contribution in [3.8, 4) is 0 Å². The number of aliphatic carboxylic acids is 1. The van der Waals surface area contributed by atoms with Gasteiger partial charge in [-0.3, -0.25) is 9.59 Å². The number of likely N-dealkylation sites (tertiary alicyclic amines) is 1. The fourth-order valence-electron chi connectivity index (χ4n) is 2.56. The topological polar surface area (TPSA) is 80.0 Å². The Morgan fingerprint density at radius 3 is 2.85 bits per heavy atom. The molecule has 1 fully saturated rings. The third kappa shape index (κ3) is 3.19. The molecule has 0 saturated carbocycles. The van der Waals surface area contributed by atoms with Crippen LogP contribution in [-0.4, -0.2) is 42.1 Å². The van der Waals surface area contributed by atoms with Crippen LogP contribution in [0.3, 0.4) is 0 Å². The van der Waals surface area contributed by atoms with Crippen molar-refractivity contribution in [1.29, 1.82) is 0 Å². The van der Waals surface area contributed by atoms with Crippen LogP contribution >= 0.6 is 0 Å². The van der Waals surface area contributed by atoms with Crippen molar-refractivity contribution in [3.63, 3.8) is 0 Å². The molecule has 0 aliphatic carbocycles. The number of hydrogen-bond donors (Lipinski definition) is 1. The average Bonchev–Trinajstić information content (AvgIpc) is 2.86. The highest BCUT2D eigenvalue weighted by Gasteiger charge is 2.33. The highest BCUT2D eigenvalue weighted by atomic mass is 16.5. The van der Waals surface area contributed by atoms with Crippen molar-refractivity contribution in [3.05, 3.63) is 23.7 Å². The molecule has 1 aliphatic heterocycles. The molecule has 0 spiro atoms. The molecule has 2 unspecified atom stereocenters. The number of carboxylic acid groups (broad SMARTS) is 1. The van der Waals surface area contributed by atoms with Crippen LogP contribution in [0.5, 0.6) is 0 Å². The van der Waals surface area contributed by atoms with Crippen LogP contribution in [0.4, 0.5) is 0 Å². The van der Waals surface area contributed by atoms with Crippen LogP contribution in [0.15, 0.2) is 16.5 Å². The van der Waals surface area contributed by atoms with Gasteiger partial charge in [-0.1, -0.05) is 6.92 Å². The number of hydrogen-bond acceptors (Lipinski definition) is 4. The van der Waals surface area contributed by atoms with Crippen LogP contribution in [-0.2, 0) is 16.1 Å². The van der Waals surface area contributed by atoms with Gasteiger partial charge < -0.3 is 19.2 Å². The second-order valence-electron chi connectivity index (χ2n) is 5.29. The summed E-state index contributed by atoms with van der Waals surface area (Å²) in [6, 6.07) is 3.30. The van der Waals surface area contributed by atoms with E-state index < -0.39 is 11.9 Å². The Morgan fingerprint density at radius 1 is 1.45 bits per heavy atom. The second kappa shape index (κ2) is 6.09. The number of amides is 1. The minimum absolute atomic E-state index is 0.169. The van der Waals surface area contributed by atoms with Crippen molar-refractivity contribution in [2.75, 3.05) is 20.2 Å². The van der Waals surface area contributed by atoms with Gasteiger partial charge in [0.2, 0.25) is 0 Å². The third-order valence-electron chi connectivity index (χ3n) is 3.46. The summed E-state index contributed by atoms with van der Waals surface area (Å²) >= 11 is 0. The van der Waals surface area contributed by atoms with Crippen LogP contribution in [0, 0.1) is 11.8 Å². The molecule has 2 rings (SSSR count). The standard InChI is InChI=1S/C14H19NO5/c1-9-5-10(14(17)18)7-15(6-9)13(16)12-4-3-11(20-12)8-19-2/h3-4,9-10H,5-8H2,1-2H3,(H,17,18). The Labute approximate surface area is 117 Å². The summed E-state index contributed by atoms with van der Waals surface area (Å²) in [4.78, 5) is 25.0. The second-order valence-corrected chi connectivity index (χ2v) is 5.29. The fraction of sp³-hybridized carbons (Fsp3) is 0.571. The van der Waals surface area contributed by atoms with E-state index in [9.17, 15) is 9.59 Å². The Balaban J connectivity index is 2.08. The van der Waals surface area contributed by atoms with E-state index in [-0.39, 0.29) is 24.1 Å². The molecule has 1 aliphatic rings. The van der Waals surface area contributed by atoms with E-state index in [1.807, 2.05) is 6.92 Å². The summed E-state index contributed by atoms with van der Waals surface area (Å²) in [5.41, 5.74) is 0. The van der Waals surface area contributed by atoms with Crippen molar-refractivity contribution in [2.45, 2.75) is 20.0 Å². The molecule has 0 radical (unpaired) electrons. The minimum atomic E-state index is -0.853. The molecule has 1 aromatic heterocycles. The number of piperidine rings is 1. The Hall–Kier alpha value is -1.82. The first-order valence-electron chi connectivity index (χ1n) is 6.61. The molecule has 0 bridgehead atoms. The monoisotopic (exact) mass is 281 g/mol. The number of carbonyl (C=O) groups excluding carboxylic acids is 1. The fourth-order valence-corrected chi connectivity index (χ4v) is 2.56. The molecular weight excluding hydrogens is 262 g/mol. The lowest BCUT2D eigenvalue weighted by molar-refractivity contribution is -0.143. The van der Waals surface area contributed by atoms with Gasteiger partial charge in [-0.25, -0.2) is 0 Å². The van der Waals surface area contributed by atoms with Gasteiger partial charge in [0.15, 0.2) is 5.76 Å². The lowest BCUT2D eigenvalue weighted by Gasteiger charge is -2.34. The molecule has 1 N–H and O–H groups in total. The molecule has 6 heteroatoms. The quantitative estimate of drug-likeness (QED) is 0.907. The maximum atomic E-state index is 12.3. The van der Waals surface area contributed by atoms with Crippen LogP contribution in [0.25, 0.3) is 0 Å². The van der Waals surface area contributed by atoms with Crippen molar-refractivity contribution < 1.29 is 23.8 Å². The van der Waals surface area contributed by atoms with Crippen molar-refractivity contribution >= 4 is 11.9 Å². The summed E-state index contributed by atoms with van der Waals surface area (Å²) in [7, 11) is 1.55. The molecule has 1 aromatic rings. The van der Waals surface area contributed by atoms with E-state index in [2.05, 4.69) is 0 Å². The first kappa shape index (κ1) is 14.6. The molecule has 110 valence electrons. The minimum Gasteiger partial charge on any atom is -0.481 e. The van der Waals surface area contributed by atoms with E-state index in [0.717, 1.165) is 0 Å². The van der Waals surface area contributed by atoms with Crippen LogP contribution in [0.2, 0.25) is 0 Å². The highest BCUT2D eigenvalue weighted by molar-refractivity contribution is 5.92. The first-order valence-corrected chi connectivity index (χ1v) is 6.61. The summed E-state index contributed by atoms with van der Waals surface area (Å²) in [5.74, 6) is -0.636. The number of carbonyl (C=O) groups is 2. The first-order chi connectivity index (χ1) is 9.51. The van der Waals surface area contributed by atoms with Gasteiger partial charge >= 0.3 is 5.97 Å². The molecule has 2 atom stereocenters. The average molecular weight is 281 g/mol. The molecule has 1 saturated heterocycles. The smallest absolute Gasteiger partial charge is 0.308 e. The van der Waals surface area contributed by atoms with Crippen LogP contribution < -0.4 is 0 Å². The van der Waals surface area contributed by atoms with E-state index >= 15 is 0 Å². The molecule has 1 amide bonds. The Bertz CT molecular complexity index is 496. The SMILES string of the molecule is COCc1ccc(C(=O)N2CC(C)CC(C(=O)O)C2)o1. The van der Waals surface area contributed by atoms with Crippen LogP contribution in [0.1, 0.15) is 29.7 Å². The lowest BCUT2D eigenvalue weighted by atomic mass is 9.90. The van der Waals surface area contributed by atoms with E-state index in [1.54, 1.807) is 24.1 Å². The Morgan fingerprint density at radius 2 is 2.20 bits per heavy atom. The van der Waals surface area contributed by atoms with Crippen molar-refractivity contribution in [1.82, 2.24) is 4.90 Å². The number of ether oxygens (including phenoxy) is 1. The van der Waals surface area contributed by atoms with Gasteiger partial charge in [0, 0.05) is 20.2 Å². The third-order valence-corrected chi connectivity index (χ3v) is 3.46. The molecule has 6 nitrogen and oxygen atoms in total. The van der Waals surface area contributed by atoms with E-state index in [0.29, 0.717) is 25.3 Å². The zero-order valence-electron chi connectivity index (χ0n) is 11.7. The van der Waals surface area contributed by atoms with Gasteiger partial charge in [-0.05, 0) is 24.5 Å². The summed E-state index contributed by atoms with van der Waals surface area (Å²) in [6.45, 7) is 3.05. The van der Waals surface area contributed by atoms with Gasteiger partial charge in [-0.2, -0.15) is 0 Å². The molecule has 20 heavy (non-hydrogen) atoms. The molecule has 0 aromatic carbocycles. The summed E-state index contributed by atoms with van der Waals surface area (Å²) in [5, 5.41) is 9.12. The lowest BCUT2D eigenvalue weighted by Crippen LogP contribution is -2.45. The number of nitrogens with zero attached hydrogens (tertiary/aromatic N) is 1. The largest absolute Gasteiger partial charge is 0.481 e. The number of carboxylic acids is 1. The van der Waals surface area contributed by atoms with E-state index in [1.165, 1.54) is 0 Å². The van der Waals surface area contributed by atoms with Gasteiger partial charge in [0.25, 0.3) is 5.91 Å². The predicted octanol–water partition coefficient (Wildman–Crippen LogP) is 1.61. The van der Waals surface area contributed by atoms with Gasteiger partial charge in [0.1, 0.15) is 12.4 Å². The zero-order valence-corrected chi connectivity index (χ0v) is 11.7. The zero-order chi connectivity index (χ0) is 14.7. The van der Waals surface area contributed by atoms with E-state index in [4.69, 9.17) is 14.3 Å². The van der Waals surface area contributed by atoms with Crippen molar-refractivity contribution in [2.24, 2.45) is 11.8 Å². The molecule has 2 heterocycles. The highest BCUT2D eigenvalue weighted by Crippen LogP contribution is 2.23.